The summed E-state index contributed by atoms with van der Waals surface area (Å²) in [7, 11) is 0. The Labute approximate surface area is 229 Å². The lowest BCUT2D eigenvalue weighted by molar-refractivity contribution is 0.246. The first kappa shape index (κ1) is 25.3. The standard InChI is InChI=1S/C29H31ClN4S2/c1-2-17-33-25-5-3-4-6-26(25)34(29(36)27(28(33)35)32-18-15-31-16-19-32)20-21-7-9-22(10-8-21)23-11-13-24(30)14-12-23/h3-14,27,31H,2,15-20H2,1H3. The maximum absolute atomic E-state index is 6.26. The highest BCUT2D eigenvalue weighted by atomic mass is 35.5. The Morgan fingerprint density at radius 2 is 1.36 bits per heavy atom. The van der Waals surface area contributed by atoms with Crippen LogP contribution in [0.1, 0.15) is 18.9 Å². The molecule has 2 heterocycles. The summed E-state index contributed by atoms with van der Waals surface area (Å²) in [6, 6.07) is 25.2. The summed E-state index contributed by atoms with van der Waals surface area (Å²) in [5.41, 5.74) is 5.79. The summed E-state index contributed by atoms with van der Waals surface area (Å²) < 4.78 is 0. The number of hydrogen-bond acceptors (Lipinski definition) is 4. The number of nitrogens with zero attached hydrogens (tertiary/aromatic N) is 3. The molecule has 2 aliphatic rings. The van der Waals surface area contributed by atoms with Crippen molar-refractivity contribution in [3.63, 3.8) is 0 Å². The lowest BCUT2D eigenvalue weighted by atomic mass is 10.0. The molecule has 0 aliphatic carbocycles. The van der Waals surface area contributed by atoms with Gasteiger partial charge in [-0.1, -0.05) is 91.5 Å². The van der Waals surface area contributed by atoms with E-state index in [1.54, 1.807) is 0 Å². The molecule has 0 bridgehead atoms. The van der Waals surface area contributed by atoms with Crippen molar-refractivity contribution in [3.05, 3.63) is 83.4 Å². The van der Waals surface area contributed by atoms with Crippen molar-refractivity contribution in [3.8, 4) is 11.1 Å². The van der Waals surface area contributed by atoms with E-state index < -0.39 is 0 Å². The van der Waals surface area contributed by atoms with Gasteiger partial charge in [-0.05, 0) is 47.4 Å². The van der Waals surface area contributed by atoms with Crippen molar-refractivity contribution < 1.29 is 0 Å². The molecule has 1 atom stereocenters. The van der Waals surface area contributed by atoms with Crippen molar-refractivity contribution in [1.82, 2.24) is 10.2 Å². The molecule has 5 rings (SSSR count). The van der Waals surface area contributed by atoms with Crippen LogP contribution >= 0.6 is 36.0 Å². The molecular weight excluding hydrogens is 504 g/mol. The molecule has 0 amide bonds. The van der Waals surface area contributed by atoms with Crippen molar-refractivity contribution in [2.75, 3.05) is 42.5 Å². The fourth-order valence-corrected chi connectivity index (χ4v) is 6.13. The first-order valence-corrected chi connectivity index (χ1v) is 13.8. The predicted molar refractivity (Wildman–Crippen MR) is 161 cm³/mol. The number of piperazine rings is 1. The normalized spacial score (nSPS) is 18.8. The van der Waals surface area contributed by atoms with Crippen LogP contribution in [0.5, 0.6) is 0 Å². The number of benzene rings is 3. The lowest BCUT2D eigenvalue weighted by Crippen LogP contribution is -2.58. The third-order valence-electron chi connectivity index (χ3n) is 6.90. The van der Waals surface area contributed by atoms with E-state index in [-0.39, 0.29) is 6.04 Å². The molecule has 1 saturated heterocycles. The Balaban J connectivity index is 1.50. The van der Waals surface area contributed by atoms with E-state index in [2.05, 4.69) is 87.6 Å². The molecule has 7 heteroatoms. The van der Waals surface area contributed by atoms with Gasteiger partial charge in [0.2, 0.25) is 0 Å². The van der Waals surface area contributed by atoms with E-state index in [0.29, 0.717) is 6.54 Å². The van der Waals surface area contributed by atoms with Gasteiger partial charge in [0.1, 0.15) is 16.0 Å². The third kappa shape index (κ3) is 5.20. The molecular formula is C29H31ClN4S2. The zero-order valence-corrected chi connectivity index (χ0v) is 22.9. The summed E-state index contributed by atoms with van der Waals surface area (Å²) in [4.78, 5) is 8.86. The van der Waals surface area contributed by atoms with Crippen LogP contribution in [0, 0.1) is 0 Å². The van der Waals surface area contributed by atoms with Crippen molar-refractivity contribution in [2.24, 2.45) is 0 Å². The molecule has 0 saturated carbocycles. The van der Waals surface area contributed by atoms with Gasteiger partial charge in [0.25, 0.3) is 0 Å². The summed E-state index contributed by atoms with van der Waals surface area (Å²) in [5, 5.41) is 4.21. The van der Waals surface area contributed by atoms with Gasteiger partial charge >= 0.3 is 0 Å². The molecule has 0 spiro atoms. The van der Waals surface area contributed by atoms with Gasteiger partial charge in [-0.15, -0.1) is 0 Å². The van der Waals surface area contributed by atoms with E-state index in [9.17, 15) is 0 Å². The number of thiocarbonyl (C=S) groups is 2. The summed E-state index contributed by atoms with van der Waals surface area (Å²) in [5.74, 6) is 0. The quantitative estimate of drug-likeness (QED) is 0.379. The number of halogens is 1. The average molecular weight is 535 g/mol. The van der Waals surface area contributed by atoms with Crippen LogP contribution in [-0.2, 0) is 6.54 Å². The van der Waals surface area contributed by atoms with Crippen LogP contribution in [0.3, 0.4) is 0 Å². The molecule has 1 fully saturated rings. The predicted octanol–water partition coefficient (Wildman–Crippen LogP) is 6.17. The number of anilines is 2. The highest BCUT2D eigenvalue weighted by Crippen LogP contribution is 2.36. The third-order valence-corrected chi connectivity index (χ3v) is 8.04. The monoisotopic (exact) mass is 534 g/mol. The van der Waals surface area contributed by atoms with Crippen molar-refractivity contribution >= 4 is 57.4 Å². The van der Waals surface area contributed by atoms with E-state index in [0.717, 1.165) is 71.1 Å². The average Bonchev–Trinajstić information content (AvgIpc) is 2.99. The molecule has 2 aliphatic heterocycles. The van der Waals surface area contributed by atoms with Gasteiger partial charge in [-0.25, -0.2) is 0 Å². The minimum Gasteiger partial charge on any atom is -0.333 e. The highest BCUT2D eigenvalue weighted by Gasteiger charge is 2.38. The van der Waals surface area contributed by atoms with Gasteiger partial charge in [0, 0.05) is 44.3 Å². The number of hydrogen-bond donors (Lipinski definition) is 1. The highest BCUT2D eigenvalue weighted by molar-refractivity contribution is 7.82. The Bertz CT molecular complexity index is 1220. The molecule has 1 unspecified atom stereocenters. The minimum atomic E-state index is -0.0793. The molecule has 4 nitrogen and oxygen atoms in total. The molecule has 0 aromatic heterocycles. The summed E-state index contributed by atoms with van der Waals surface area (Å²) >= 11 is 18.5. The van der Waals surface area contributed by atoms with Gasteiger partial charge in [0.05, 0.1) is 11.4 Å². The van der Waals surface area contributed by atoms with Crippen molar-refractivity contribution in [2.45, 2.75) is 25.9 Å². The van der Waals surface area contributed by atoms with Gasteiger partial charge in [0.15, 0.2) is 0 Å². The topological polar surface area (TPSA) is 21.8 Å². The van der Waals surface area contributed by atoms with Gasteiger partial charge in [-0.3, -0.25) is 4.90 Å². The molecule has 0 radical (unpaired) electrons. The Morgan fingerprint density at radius 3 is 1.97 bits per heavy atom. The first-order chi connectivity index (χ1) is 17.6. The van der Waals surface area contributed by atoms with E-state index in [1.165, 1.54) is 11.1 Å². The first-order valence-electron chi connectivity index (χ1n) is 12.6. The summed E-state index contributed by atoms with van der Waals surface area (Å²) in [6.07, 6.45) is 1.02. The summed E-state index contributed by atoms with van der Waals surface area (Å²) in [6.45, 7) is 7.56. The second kappa shape index (κ2) is 11.4. The van der Waals surface area contributed by atoms with Gasteiger partial charge in [-0.2, -0.15) is 0 Å². The van der Waals surface area contributed by atoms with Crippen LogP contribution < -0.4 is 15.1 Å². The maximum atomic E-state index is 6.26. The van der Waals surface area contributed by atoms with Crippen molar-refractivity contribution in [1.29, 1.82) is 0 Å². The number of fused-ring (bicyclic) bond motifs is 1. The lowest BCUT2D eigenvalue weighted by Gasteiger charge is -2.38. The number of rotatable bonds is 6. The van der Waals surface area contributed by atoms with Crippen LogP contribution in [0.25, 0.3) is 11.1 Å². The minimum absolute atomic E-state index is 0.0793. The van der Waals surface area contributed by atoms with E-state index in [4.69, 9.17) is 36.0 Å². The maximum Gasteiger partial charge on any atom is 0.112 e. The zero-order chi connectivity index (χ0) is 25.1. The molecule has 3 aromatic rings. The van der Waals surface area contributed by atoms with Gasteiger partial charge < -0.3 is 15.1 Å². The molecule has 1 N–H and O–H groups in total. The molecule has 36 heavy (non-hydrogen) atoms. The Hall–Kier alpha value is -2.35. The van der Waals surface area contributed by atoms with Crippen LogP contribution in [0.15, 0.2) is 72.8 Å². The van der Waals surface area contributed by atoms with E-state index in [1.807, 2.05) is 12.1 Å². The fraction of sp³-hybridized carbons (Fsp3) is 0.310. The Kier molecular flexibility index (Phi) is 7.99. The van der Waals surface area contributed by atoms with Crippen LogP contribution in [-0.4, -0.2) is 53.6 Å². The number of para-hydroxylation sites is 2. The second-order valence-electron chi connectivity index (χ2n) is 9.30. The zero-order valence-electron chi connectivity index (χ0n) is 20.5. The molecule has 186 valence electrons. The number of nitrogens with one attached hydrogen (secondary N) is 1. The van der Waals surface area contributed by atoms with Crippen LogP contribution in [0.4, 0.5) is 11.4 Å². The largest absolute Gasteiger partial charge is 0.333 e. The fourth-order valence-electron chi connectivity index (χ4n) is 5.06. The van der Waals surface area contributed by atoms with Crippen LogP contribution in [0.2, 0.25) is 5.02 Å². The smallest absolute Gasteiger partial charge is 0.112 e. The van der Waals surface area contributed by atoms with E-state index >= 15 is 0 Å². The SMILES string of the molecule is CCCN1C(=S)C(N2CCNCC2)C(=S)N(Cc2ccc(-c3ccc(Cl)cc3)cc2)c2ccccc21. The second-order valence-corrected chi connectivity index (χ2v) is 10.6. The Morgan fingerprint density at radius 1 is 0.806 bits per heavy atom. The molecule has 3 aromatic carbocycles.